The Morgan fingerprint density at radius 3 is 2.95 bits per heavy atom. The predicted octanol–water partition coefficient (Wildman–Crippen LogP) is 0.798. The van der Waals surface area contributed by atoms with Gasteiger partial charge in [0, 0.05) is 38.1 Å². The fraction of sp³-hybridized carbons (Fsp3) is 0.333. The highest BCUT2D eigenvalue weighted by molar-refractivity contribution is 5.77. The standard InChI is InChI=1S/C15H20N4O2/c1-16-15(20)12-21-14-6-3-2-5-13(14)11-17-8-10-19-9-4-7-18-19/h2-7,9,17H,8,10-12H2,1H3,(H,16,20). The first-order chi connectivity index (χ1) is 10.3. The molecule has 0 aliphatic carbocycles. The zero-order valence-electron chi connectivity index (χ0n) is 12.1. The number of likely N-dealkylation sites (N-methyl/N-ethyl adjacent to an activating group) is 1. The Labute approximate surface area is 124 Å². The van der Waals surface area contributed by atoms with Gasteiger partial charge in [0.25, 0.3) is 5.91 Å². The van der Waals surface area contributed by atoms with Crippen molar-refractivity contribution in [2.24, 2.45) is 0 Å². The van der Waals surface area contributed by atoms with Gasteiger partial charge >= 0.3 is 0 Å². The molecule has 0 saturated carbocycles. The van der Waals surface area contributed by atoms with Gasteiger partial charge in [-0.15, -0.1) is 0 Å². The Balaban J connectivity index is 1.80. The summed E-state index contributed by atoms with van der Waals surface area (Å²) in [6, 6.07) is 9.61. The minimum atomic E-state index is -0.142. The lowest BCUT2D eigenvalue weighted by Gasteiger charge is -2.11. The summed E-state index contributed by atoms with van der Waals surface area (Å²) in [6.07, 6.45) is 3.70. The summed E-state index contributed by atoms with van der Waals surface area (Å²) in [7, 11) is 1.59. The lowest BCUT2D eigenvalue weighted by atomic mass is 10.2. The van der Waals surface area contributed by atoms with Crippen LogP contribution in [-0.2, 0) is 17.9 Å². The summed E-state index contributed by atoms with van der Waals surface area (Å²) in [5.41, 5.74) is 1.03. The fourth-order valence-corrected chi connectivity index (χ4v) is 1.86. The summed E-state index contributed by atoms with van der Waals surface area (Å²) in [4.78, 5) is 11.2. The molecule has 112 valence electrons. The van der Waals surface area contributed by atoms with Crippen LogP contribution in [0.3, 0.4) is 0 Å². The number of carbonyl (C=O) groups excluding carboxylic acids is 1. The summed E-state index contributed by atoms with van der Waals surface area (Å²) in [5, 5.41) is 10.0. The molecule has 0 unspecified atom stereocenters. The SMILES string of the molecule is CNC(=O)COc1ccccc1CNCCn1cccn1. The van der Waals surface area contributed by atoms with Crippen LogP contribution in [0.25, 0.3) is 0 Å². The van der Waals surface area contributed by atoms with Crippen molar-refractivity contribution in [1.29, 1.82) is 0 Å². The number of para-hydroxylation sites is 1. The van der Waals surface area contributed by atoms with Gasteiger partial charge in [-0.2, -0.15) is 5.10 Å². The van der Waals surface area contributed by atoms with Crippen molar-refractivity contribution in [3.8, 4) is 5.75 Å². The van der Waals surface area contributed by atoms with Crippen LogP contribution in [0.15, 0.2) is 42.7 Å². The molecule has 0 aliphatic rings. The van der Waals surface area contributed by atoms with Gasteiger partial charge in [-0.3, -0.25) is 9.48 Å². The van der Waals surface area contributed by atoms with E-state index >= 15 is 0 Å². The number of nitrogens with one attached hydrogen (secondary N) is 2. The van der Waals surface area contributed by atoms with Crippen LogP contribution in [-0.4, -0.2) is 35.9 Å². The first-order valence-electron chi connectivity index (χ1n) is 6.89. The molecular weight excluding hydrogens is 268 g/mol. The third-order valence-corrected chi connectivity index (χ3v) is 3.00. The maximum absolute atomic E-state index is 11.2. The summed E-state index contributed by atoms with van der Waals surface area (Å²) >= 11 is 0. The van der Waals surface area contributed by atoms with Gasteiger partial charge in [0.15, 0.2) is 6.61 Å². The first-order valence-corrected chi connectivity index (χ1v) is 6.89. The summed E-state index contributed by atoms with van der Waals surface area (Å²) in [5.74, 6) is 0.587. The van der Waals surface area contributed by atoms with E-state index < -0.39 is 0 Å². The lowest BCUT2D eigenvalue weighted by Crippen LogP contribution is -2.25. The highest BCUT2D eigenvalue weighted by atomic mass is 16.5. The zero-order valence-corrected chi connectivity index (χ0v) is 12.1. The van der Waals surface area contributed by atoms with E-state index in [1.54, 1.807) is 13.2 Å². The number of benzene rings is 1. The van der Waals surface area contributed by atoms with Gasteiger partial charge in [-0.25, -0.2) is 0 Å². The average molecular weight is 288 g/mol. The second-order valence-corrected chi connectivity index (χ2v) is 4.52. The number of carbonyl (C=O) groups is 1. The van der Waals surface area contributed by atoms with Gasteiger partial charge in [-0.05, 0) is 12.1 Å². The lowest BCUT2D eigenvalue weighted by molar-refractivity contribution is -0.122. The van der Waals surface area contributed by atoms with Crippen molar-refractivity contribution in [2.75, 3.05) is 20.2 Å². The van der Waals surface area contributed by atoms with Crippen LogP contribution in [0.2, 0.25) is 0 Å². The van der Waals surface area contributed by atoms with Gasteiger partial charge in [0.2, 0.25) is 0 Å². The summed E-state index contributed by atoms with van der Waals surface area (Å²) in [6.45, 7) is 2.34. The molecule has 0 fully saturated rings. The number of hydrogen-bond donors (Lipinski definition) is 2. The molecule has 2 rings (SSSR count). The van der Waals surface area contributed by atoms with Crippen LogP contribution < -0.4 is 15.4 Å². The van der Waals surface area contributed by atoms with E-state index in [-0.39, 0.29) is 12.5 Å². The molecule has 1 aromatic heterocycles. The monoisotopic (exact) mass is 288 g/mol. The molecule has 6 nitrogen and oxygen atoms in total. The van der Waals surface area contributed by atoms with E-state index in [0.29, 0.717) is 6.54 Å². The minimum Gasteiger partial charge on any atom is -0.483 e. The number of rotatable bonds is 8. The first kappa shape index (κ1) is 15.1. The minimum absolute atomic E-state index is 0.0286. The van der Waals surface area contributed by atoms with Crippen LogP contribution in [0.4, 0.5) is 0 Å². The number of amides is 1. The van der Waals surface area contributed by atoms with Crippen molar-refractivity contribution in [1.82, 2.24) is 20.4 Å². The van der Waals surface area contributed by atoms with Crippen LogP contribution >= 0.6 is 0 Å². The van der Waals surface area contributed by atoms with Crippen molar-refractivity contribution < 1.29 is 9.53 Å². The van der Waals surface area contributed by atoms with Crippen LogP contribution in [0.5, 0.6) is 5.75 Å². The quantitative estimate of drug-likeness (QED) is 0.705. The van der Waals surface area contributed by atoms with Crippen LogP contribution in [0, 0.1) is 0 Å². The third kappa shape index (κ3) is 4.92. The van der Waals surface area contributed by atoms with Crippen molar-refractivity contribution >= 4 is 5.91 Å². The Morgan fingerprint density at radius 2 is 2.19 bits per heavy atom. The Hall–Kier alpha value is -2.34. The molecule has 0 atom stereocenters. The zero-order chi connectivity index (χ0) is 14.9. The van der Waals surface area contributed by atoms with E-state index in [0.717, 1.165) is 24.4 Å². The topological polar surface area (TPSA) is 68.2 Å². The number of aromatic nitrogens is 2. The second-order valence-electron chi connectivity index (χ2n) is 4.52. The second kappa shape index (κ2) is 8.06. The molecule has 0 bridgehead atoms. The molecule has 1 heterocycles. The largest absolute Gasteiger partial charge is 0.483 e. The van der Waals surface area contributed by atoms with Gasteiger partial charge in [-0.1, -0.05) is 18.2 Å². The Bertz CT molecular complexity index is 555. The maximum Gasteiger partial charge on any atom is 0.257 e. The molecular formula is C15H20N4O2. The van der Waals surface area contributed by atoms with Gasteiger partial charge < -0.3 is 15.4 Å². The van der Waals surface area contributed by atoms with Crippen LogP contribution in [0.1, 0.15) is 5.56 Å². The fourth-order valence-electron chi connectivity index (χ4n) is 1.86. The molecule has 0 aliphatic heterocycles. The van der Waals surface area contributed by atoms with Crippen molar-refractivity contribution in [3.05, 3.63) is 48.3 Å². The Morgan fingerprint density at radius 1 is 1.33 bits per heavy atom. The predicted molar refractivity (Wildman–Crippen MR) is 79.9 cm³/mol. The van der Waals surface area contributed by atoms with Crippen molar-refractivity contribution in [3.63, 3.8) is 0 Å². The molecule has 2 aromatic rings. The van der Waals surface area contributed by atoms with Gasteiger partial charge in [0.1, 0.15) is 5.75 Å². The number of hydrogen-bond acceptors (Lipinski definition) is 4. The third-order valence-electron chi connectivity index (χ3n) is 3.00. The molecule has 0 saturated heterocycles. The summed E-state index contributed by atoms with van der Waals surface area (Å²) < 4.78 is 7.40. The molecule has 2 N–H and O–H groups in total. The van der Waals surface area contributed by atoms with E-state index in [4.69, 9.17) is 4.74 Å². The Kier molecular flexibility index (Phi) is 5.78. The van der Waals surface area contributed by atoms with E-state index in [9.17, 15) is 4.79 Å². The maximum atomic E-state index is 11.2. The van der Waals surface area contributed by atoms with Crippen molar-refractivity contribution in [2.45, 2.75) is 13.1 Å². The highest BCUT2D eigenvalue weighted by Gasteiger charge is 2.05. The smallest absolute Gasteiger partial charge is 0.257 e. The van der Waals surface area contributed by atoms with E-state index in [1.807, 2.05) is 41.2 Å². The molecule has 0 radical (unpaired) electrons. The molecule has 21 heavy (non-hydrogen) atoms. The average Bonchev–Trinajstić information content (AvgIpc) is 3.03. The van der Waals surface area contributed by atoms with E-state index in [2.05, 4.69) is 15.7 Å². The highest BCUT2D eigenvalue weighted by Crippen LogP contribution is 2.17. The molecule has 0 spiro atoms. The molecule has 1 amide bonds. The number of ether oxygens (including phenoxy) is 1. The molecule has 6 heteroatoms. The normalized spacial score (nSPS) is 10.3. The van der Waals surface area contributed by atoms with E-state index in [1.165, 1.54) is 0 Å². The molecule has 1 aromatic carbocycles. The number of nitrogens with zero attached hydrogens (tertiary/aromatic N) is 2. The van der Waals surface area contributed by atoms with Gasteiger partial charge in [0.05, 0.1) is 6.54 Å².